The number of nitrogens with one attached hydrogen (secondary N) is 1. The molecule has 1 amide bonds. The molecule has 0 bridgehead atoms. The van der Waals surface area contributed by atoms with E-state index in [4.69, 9.17) is 11.6 Å². The van der Waals surface area contributed by atoms with Gasteiger partial charge in [-0.1, -0.05) is 17.7 Å². The highest BCUT2D eigenvalue weighted by Gasteiger charge is 2.17. The number of pyridine rings is 1. The molecule has 3 aromatic rings. The van der Waals surface area contributed by atoms with Gasteiger partial charge in [-0.25, -0.2) is 9.67 Å². The molecule has 9 heteroatoms. The standard InChI is InChI=1S/C16H12ClN5O3/c1-10-12(9-19-21(10)15-4-2-3-7-18-15)16(23)20-14-6-5-11(22(24)25)8-13(14)17/h2-9H,1H3,(H,20,23). The Morgan fingerprint density at radius 3 is 2.76 bits per heavy atom. The number of anilines is 1. The Morgan fingerprint density at radius 2 is 2.12 bits per heavy atom. The Morgan fingerprint density at radius 1 is 1.32 bits per heavy atom. The minimum atomic E-state index is -0.557. The summed E-state index contributed by atoms with van der Waals surface area (Å²) < 4.78 is 1.55. The van der Waals surface area contributed by atoms with Crippen molar-refractivity contribution in [3.8, 4) is 5.82 Å². The molecule has 0 radical (unpaired) electrons. The first-order valence-corrected chi connectivity index (χ1v) is 7.56. The normalized spacial score (nSPS) is 10.5. The van der Waals surface area contributed by atoms with E-state index in [1.807, 2.05) is 6.07 Å². The highest BCUT2D eigenvalue weighted by atomic mass is 35.5. The summed E-state index contributed by atoms with van der Waals surface area (Å²) in [6, 6.07) is 9.21. The van der Waals surface area contributed by atoms with Gasteiger partial charge >= 0.3 is 0 Å². The molecule has 25 heavy (non-hydrogen) atoms. The van der Waals surface area contributed by atoms with Crippen molar-refractivity contribution in [3.63, 3.8) is 0 Å². The first-order valence-electron chi connectivity index (χ1n) is 7.18. The molecule has 0 aliphatic heterocycles. The van der Waals surface area contributed by atoms with Crippen LogP contribution in [0.1, 0.15) is 16.1 Å². The summed E-state index contributed by atoms with van der Waals surface area (Å²) >= 11 is 6.00. The molecule has 0 unspecified atom stereocenters. The minimum absolute atomic E-state index is 0.0809. The van der Waals surface area contributed by atoms with E-state index in [0.29, 0.717) is 17.1 Å². The van der Waals surface area contributed by atoms with Crippen molar-refractivity contribution >= 4 is 28.9 Å². The topological polar surface area (TPSA) is 103 Å². The predicted octanol–water partition coefficient (Wildman–Crippen LogP) is 3.39. The van der Waals surface area contributed by atoms with E-state index in [9.17, 15) is 14.9 Å². The average Bonchev–Trinajstić information content (AvgIpc) is 2.99. The van der Waals surface area contributed by atoms with Gasteiger partial charge in [-0.3, -0.25) is 14.9 Å². The van der Waals surface area contributed by atoms with Crippen LogP contribution in [-0.4, -0.2) is 25.6 Å². The number of aromatic nitrogens is 3. The van der Waals surface area contributed by atoms with E-state index in [-0.39, 0.29) is 16.4 Å². The maximum Gasteiger partial charge on any atom is 0.271 e. The van der Waals surface area contributed by atoms with Gasteiger partial charge in [0.05, 0.1) is 33.1 Å². The Labute approximate surface area is 147 Å². The number of nitro benzene ring substituents is 1. The summed E-state index contributed by atoms with van der Waals surface area (Å²) in [7, 11) is 0. The molecule has 0 aliphatic rings. The second-order valence-corrected chi connectivity index (χ2v) is 5.53. The second kappa shape index (κ2) is 6.70. The lowest BCUT2D eigenvalue weighted by Crippen LogP contribution is -2.13. The van der Waals surface area contributed by atoms with Crippen molar-refractivity contribution in [3.05, 3.63) is 75.2 Å². The van der Waals surface area contributed by atoms with Gasteiger partial charge < -0.3 is 5.32 Å². The van der Waals surface area contributed by atoms with Crippen molar-refractivity contribution in [2.45, 2.75) is 6.92 Å². The molecular weight excluding hydrogens is 346 g/mol. The lowest BCUT2D eigenvalue weighted by molar-refractivity contribution is -0.384. The summed E-state index contributed by atoms with van der Waals surface area (Å²) in [5, 5.41) is 17.6. The summed E-state index contributed by atoms with van der Waals surface area (Å²) in [5.74, 6) is 0.169. The van der Waals surface area contributed by atoms with E-state index in [0.717, 1.165) is 0 Å². The van der Waals surface area contributed by atoms with E-state index in [1.54, 1.807) is 29.9 Å². The average molecular weight is 358 g/mol. The van der Waals surface area contributed by atoms with Crippen LogP contribution in [0, 0.1) is 17.0 Å². The molecule has 0 spiro atoms. The van der Waals surface area contributed by atoms with Crippen LogP contribution in [0.2, 0.25) is 5.02 Å². The molecule has 0 aliphatic carbocycles. The van der Waals surface area contributed by atoms with Crippen LogP contribution >= 0.6 is 11.6 Å². The number of nitro groups is 1. The number of hydrogen-bond acceptors (Lipinski definition) is 5. The Bertz CT molecular complexity index is 956. The van der Waals surface area contributed by atoms with Crippen molar-refractivity contribution in [1.29, 1.82) is 0 Å². The third-order valence-electron chi connectivity index (χ3n) is 3.53. The van der Waals surface area contributed by atoms with Crippen LogP contribution in [0.5, 0.6) is 0 Å². The molecule has 1 N–H and O–H groups in total. The zero-order valence-electron chi connectivity index (χ0n) is 13.0. The number of nitrogens with zero attached hydrogens (tertiary/aromatic N) is 4. The van der Waals surface area contributed by atoms with E-state index >= 15 is 0 Å². The lowest BCUT2D eigenvalue weighted by atomic mass is 10.2. The smallest absolute Gasteiger partial charge is 0.271 e. The summed E-state index contributed by atoms with van der Waals surface area (Å²) in [6.45, 7) is 1.74. The second-order valence-electron chi connectivity index (χ2n) is 5.12. The number of non-ortho nitro benzene ring substituents is 1. The zero-order valence-corrected chi connectivity index (χ0v) is 13.8. The van der Waals surface area contributed by atoms with Crippen LogP contribution in [0.3, 0.4) is 0 Å². The number of carbonyl (C=O) groups is 1. The Hall–Kier alpha value is -3.26. The molecular formula is C16H12ClN5O3. The third kappa shape index (κ3) is 3.33. The third-order valence-corrected chi connectivity index (χ3v) is 3.85. The number of hydrogen-bond donors (Lipinski definition) is 1. The van der Waals surface area contributed by atoms with Gasteiger partial charge in [0.2, 0.25) is 0 Å². The molecule has 0 atom stereocenters. The number of benzene rings is 1. The predicted molar refractivity (Wildman–Crippen MR) is 92.2 cm³/mol. The summed E-state index contributed by atoms with van der Waals surface area (Å²) in [5.41, 5.74) is 1.08. The Balaban J connectivity index is 1.85. The van der Waals surface area contributed by atoms with Crippen molar-refractivity contribution in [2.75, 3.05) is 5.32 Å². The van der Waals surface area contributed by atoms with Crippen LogP contribution in [0.15, 0.2) is 48.8 Å². The molecule has 2 heterocycles. The fraction of sp³-hybridized carbons (Fsp3) is 0.0625. The molecule has 3 rings (SSSR count). The molecule has 126 valence electrons. The Kier molecular flexibility index (Phi) is 4.44. The fourth-order valence-electron chi connectivity index (χ4n) is 2.25. The quantitative estimate of drug-likeness (QED) is 0.569. The molecule has 0 saturated carbocycles. The van der Waals surface area contributed by atoms with Gasteiger partial charge in [-0.15, -0.1) is 0 Å². The maximum atomic E-state index is 12.5. The highest BCUT2D eigenvalue weighted by Crippen LogP contribution is 2.27. The first kappa shape index (κ1) is 16.6. The van der Waals surface area contributed by atoms with Crippen LogP contribution < -0.4 is 5.32 Å². The molecule has 1 aromatic carbocycles. The molecule has 2 aromatic heterocycles. The van der Waals surface area contributed by atoms with E-state index < -0.39 is 10.8 Å². The van der Waals surface area contributed by atoms with E-state index in [1.165, 1.54) is 24.4 Å². The van der Waals surface area contributed by atoms with Crippen molar-refractivity contribution in [1.82, 2.24) is 14.8 Å². The number of rotatable bonds is 4. The summed E-state index contributed by atoms with van der Waals surface area (Å²) in [4.78, 5) is 26.8. The number of halogens is 1. The van der Waals surface area contributed by atoms with Gasteiger partial charge in [-0.05, 0) is 25.1 Å². The van der Waals surface area contributed by atoms with Gasteiger partial charge in [0, 0.05) is 18.3 Å². The first-order chi connectivity index (χ1) is 12.0. The largest absolute Gasteiger partial charge is 0.321 e. The SMILES string of the molecule is Cc1c(C(=O)Nc2ccc([N+](=O)[O-])cc2Cl)cnn1-c1ccccn1. The van der Waals surface area contributed by atoms with Crippen LogP contribution in [0.25, 0.3) is 5.82 Å². The summed E-state index contributed by atoms with van der Waals surface area (Å²) in [6.07, 6.45) is 3.06. The molecule has 8 nitrogen and oxygen atoms in total. The lowest BCUT2D eigenvalue weighted by Gasteiger charge is -2.07. The maximum absolute atomic E-state index is 12.5. The van der Waals surface area contributed by atoms with Gasteiger partial charge in [0.25, 0.3) is 11.6 Å². The monoisotopic (exact) mass is 357 g/mol. The number of amides is 1. The van der Waals surface area contributed by atoms with E-state index in [2.05, 4.69) is 15.4 Å². The molecule has 0 saturated heterocycles. The zero-order chi connectivity index (χ0) is 18.0. The van der Waals surface area contributed by atoms with Gasteiger partial charge in [0.1, 0.15) is 0 Å². The van der Waals surface area contributed by atoms with Gasteiger partial charge in [0.15, 0.2) is 5.82 Å². The highest BCUT2D eigenvalue weighted by molar-refractivity contribution is 6.34. The molecule has 0 fully saturated rings. The minimum Gasteiger partial charge on any atom is -0.321 e. The van der Waals surface area contributed by atoms with Gasteiger partial charge in [-0.2, -0.15) is 5.10 Å². The van der Waals surface area contributed by atoms with Crippen molar-refractivity contribution < 1.29 is 9.72 Å². The van der Waals surface area contributed by atoms with Crippen LogP contribution in [0.4, 0.5) is 11.4 Å². The van der Waals surface area contributed by atoms with Crippen molar-refractivity contribution in [2.24, 2.45) is 0 Å². The van der Waals surface area contributed by atoms with Crippen LogP contribution in [-0.2, 0) is 0 Å². The fourth-order valence-corrected chi connectivity index (χ4v) is 2.47. The number of carbonyl (C=O) groups excluding carboxylic acids is 1.